The van der Waals surface area contributed by atoms with Gasteiger partial charge in [-0.2, -0.15) is 0 Å². The molecule has 0 aromatic heterocycles. The molecule has 4 nitrogen and oxygen atoms in total. The normalized spacial score (nSPS) is 11.3. The highest BCUT2D eigenvalue weighted by Gasteiger charge is 2.12. The molecule has 0 radical (unpaired) electrons. The SMILES string of the molecule is Cc1ccc(C(=O)O)c(Sc2ccc(S(C)(=O)=O)cc2)c1. The van der Waals surface area contributed by atoms with E-state index in [1.54, 1.807) is 30.3 Å². The van der Waals surface area contributed by atoms with Crippen molar-refractivity contribution in [2.45, 2.75) is 21.6 Å². The number of rotatable bonds is 4. The number of benzene rings is 2. The van der Waals surface area contributed by atoms with E-state index in [2.05, 4.69) is 0 Å². The number of aromatic carboxylic acids is 1. The van der Waals surface area contributed by atoms with Crippen molar-refractivity contribution in [3.8, 4) is 0 Å². The first kappa shape index (κ1) is 15.6. The third kappa shape index (κ3) is 3.86. The topological polar surface area (TPSA) is 71.4 Å². The zero-order valence-electron chi connectivity index (χ0n) is 11.5. The Labute approximate surface area is 127 Å². The molecule has 2 aromatic rings. The van der Waals surface area contributed by atoms with Crippen LogP contribution in [0.15, 0.2) is 57.2 Å². The Morgan fingerprint density at radius 2 is 1.71 bits per heavy atom. The van der Waals surface area contributed by atoms with Crippen molar-refractivity contribution in [3.63, 3.8) is 0 Å². The van der Waals surface area contributed by atoms with Crippen LogP contribution in [0.5, 0.6) is 0 Å². The predicted molar refractivity (Wildman–Crippen MR) is 81.8 cm³/mol. The Balaban J connectivity index is 2.34. The average molecular weight is 322 g/mol. The van der Waals surface area contributed by atoms with Gasteiger partial charge in [0.1, 0.15) is 0 Å². The molecule has 0 saturated heterocycles. The molecule has 0 aliphatic rings. The van der Waals surface area contributed by atoms with Gasteiger partial charge in [-0.15, -0.1) is 0 Å². The molecular weight excluding hydrogens is 308 g/mol. The van der Waals surface area contributed by atoms with Crippen LogP contribution >= 0.6 is 11.8 Å². The monoisotopic (exact) mass is 322 g/mol. The van der Waals surface area contributed by atoms with E-state index in [4.69, 9.17) is 0 Å². The van der Waals surface area contributed by atoms with Crippen LogP contribution in [-0.4, -0.2) is 25.7 Å². The Morgan fingerprint density at radius 1 is 1.10 bits per heavy atom. The zero-order valence-corrected chi connectivity index (χ0v) is 13.2. The molecule has 0 unspecified atom stereocenters. The highest BCUT2D eigenvalue weighted by atomic mass is 32.2. The van der Waals surface area contributed by atoms with Crippen LogP contribution in [-0.2, 0) is 9.84 Å². The third-order valence-electron chi connectivity index (χ3n) is 2.85. The summed E-state index contributed by atoms with van der Waals surface area (Å²) in [5, 5.41) is 9.19. The lowest BCUT2D eigenvalue weighted by molar-refractivity contribution is 0.0693. The summed E-state index contributed by atoms with van der Waals surface area (Å²) in [7, 11) is -3.22. The minimum Gasteiger partial charge on any atom is -0.478 e. The van der Waals surface area contributed by atoms with Gasteiger partial charge in [-0.3, -0.25) is 0 Å². The van der Waals surface area contributed by atoms with E-state index in [1.807, 2.05) is 6.92 Å². The first-order valence-electron chi connectivity index (χ1n) is 6.09. The Morgan fingerprint density at radius 3 is 2.24 bits per heavy atom. The molecule has 0 aliphatic carbocycles. The second-order valence-electron chi connectivity index (χ2n) is 4.65. The number of carbonyl (C=O) groups is 1. The fourth-order valence-electron chi connectivity index (χ4n) is 1.77. The summed E-state index contributed by atoms with van der Waals surface area (Å²) in [6.07, 6.45) is 1.15. The maximum Gasteiger partial charge on any atom is 0.336 e. The van der Waals surface area contributed by atoms with Gasteiger partial charge in [0.2, 0.25) is 0 Å². The molecule has 110 valence electrons. The van der Waals surface area contributed by atoms with Gasteiger partial charge >= 0.3 is 5.97 Å². The summed E-state index contributed by atoms with van der Waals surface area (Å²) in [5.74, 6) is -0.981. The molecule has 0 aliphatic heterocycles. The molecule has 2 rings (SSSR count). The summed E-state index contributed by atoms with van der Waals surface area (Å²) in [6, 6.07) is 11.5. The van der Waals surface area contributed by atoms with Crippen molar-refractivity contribution in [2.24, 2.45) is 0 Å². The van der Waals surface area contributed by atoms with E-state index >= 15 is 0 Å². The second kappa shape index (κ2) is 5.91. The van der Waals surface area contributed by atoms with Gasteiger partial charge in [0.05, 0.1) is 10.5 Å². The van der Waals surface area contributed by atoms with E-state index in [9.17, 15) is 18.3 Å². The van der Waals surface area contributed by atoms with E-state index in [1.165, 1.54) is 23.9 Å². The van der Waals surface area contributed by atoms with E-state index in [0.29, 0.717) is 4.90 Å². The molecule has 1 N–H and O–H groups in total. The molecule has 0 heterocycles. The first-order chi connectivity index (χ1) is 9.77. The summed E-state index contributed by atoms with van der Waals surface area (Å²) in [6.45, 7) is 1.89. The Kier molecular flexibility index (Phi) is 4.39. The number of hydrogen-bond donors (Lipinski definition) is 1. The van der Waals surface area contributed by atoms with Crippen LogP contribution in [0.25, 0.3) is 0 Å². The lowest BCUT2D eigenvalue weighted by Crippen LogP contribution is -1.99. The van der Waals surface area contributed by atoms with Gasteiger partial charge in [0.25, 0.3) is 0 Å². The largest absolute Gasteiger partial charge is 0.478 e. The van der Waals surface area contributed by atoms with Gasteiger partial charge in [-0.1, -0.05) is 17.8 Å². The number of carboxylic acid groups (broad SMARTS) is 1. The first-order valence-corrected chi connectivity index (χ1v) is 8.80. The quantitative estimate of drug-likeness (QED) is 0.935. The lowest BCUT2D eigenvalue weighted by atomic mass is 10.1. The third-order valence-corrected chi connectivity index (χ3v) is 5.04. The van der Waals surface area contributed by atoms with Gasteiger partial charge in [0.15, 0.2) is 9.84 Å². The highest BCUT2D eigenvalue weighted by molar-refractivity contribution is 7.99. The number of carboxylic acids is 1. The van der Waals surface area contributed by atoms with Gasteiger partial charge in [-0.25, -0.2) is 13.2 Å². The van der Waals surface area contributed by atoms with Gasteiger partial charge in [-0.05, 0) is 48.9 Å². The summed E-state index contributed by atoms with van der Waals surface area (Å²) < 4.78 is 22.8. The van der Waals surface area contributed by atoms with Crippen molar-refractivity contribution < 1.29 is 18.3 Å². The second-order valence-corrected chi connectivity index (χ2v) is 7.78. The molecule has 21 heavy (non-hydrogen) atoms. The van der Waals surface area contributed by atoms with E-state index < -0.39 is 15.8 Å². The van der Waals surface area contributed by atoms with Crippen molar-refractivity contribution in [1.82, 2.24) is 0 Å². The molecular formula is C15H14O4S2. The maximum absolute atomic E-state index is 11.4. The van der Waals surface area contributed by atoms with Crippen LogP contribution in [0.1, 0.15) is 15.9 Å². The molecule has 2 aromatic carbocycles. The van der Waals surface area contributed by atoms with Crippen molar-refractivity contribution in [3.05, 3.63) is 53.6 Å². The van der Waals surface area contributed by atoms with Crippen molar-refractivity contribution in [2.75, 3.05) is 6.26 Å². The fraction of sp³-hybridized carbons (Fsp3) is 0.133. The smallest absolute Gasteiger partial charge is 0.336 e. The van der Waals surface area contributed by atoms with Gasteiger partial charge in [0, 0.05) is 16.0 Å². The molecule has 0 fully saturated rings. The van der Waals surface area contributed by atoms with Crippen LogP contribution in [0.4, 0.5) is 0 Å². The molecule has 6 heteroatoms. The summed E-state index contributed by atoms with van der Waals surface area (Å²) >= 11 is 1.30. The number of aryl methyl sites for hydroxylation is 1. The van der Waals surface area contributed by atoms with Crippen LogP contribution in [0.3, 0.4) is 0 Å². The van der Waals surface area contributed by atoms with Crippen molar-refractivity contribution in [1.29, 1.82) is 0 Å². The molecule has 0 spiro atoms. The van der Waals surface area contributed by atoms with E-state index in [-0.39, 0.29) is 10.5 Å². The van der Waals surface area contributed by atoms with Crippen LogP contribution < -0.4 is 0 Å². The zero-order chi connectivity index (χ0) is 15.6. The Bertz CT molecular complexity index is 778. The van der Waals surface area contributed by atoms with Gasteiger partial charge < -0.3 is 5.11 Å². The molecule has 0 amide bonds. The lowest BCUT2D eigenvalue weighted by Gasteiger charge is -2.07. The standard InChI is InChI=1S/C15H14O4S2/c1-10-3-8-13(15(16)17)14(9-10)20-11-4-6-12(7-5-11)21(2,18)19/h3-9H,1-2H3,(H,16,17). The summed E-state index contributed by atoms with van der Waals surface area (Å²) in [4.78, 5) is 12.9. The van der Waals surface area contributed by atoms with Crippen molar-refractivity contribution >= 4 is 27.6 Å². The van der Waals surface area contributed by atoms with Crippen LogP contribution in [0.2, 0.25) is 0 Å². The highest BCUT2D eigenvalue weighted by Crippen LogP contribution is 2.32. The molecule has 0 bridgehead atoms. The molecule has 0 atom stereocenters. The van der Waals surface area contributed by atoms with Crippen LogP contribution in [0, 0.1) is 6.92 Å². The summed E-state index contributed by atoms with van der Waals surface area (Å²) in [5.41, 5.74) is 1.20. The Hall–Kier alpha value is -1.79. The average Bonchev–Trinajstić information content (AvgIpc) is 2.38. The minimum absolute atomic E-state index is 0.234. The van der Waals surface area contributed by atoms with E-state index in [0.717, 1.165) is 16.7 Å². The number of sulfone groups is 1. The predicted octanol–water partition coefficient (Wildman–Crippen LogP) is 3.25. The fourth-order valence-corrected chi connectivity index (χ4v) is 3.44. The number of hydrogen-bond acceptors (Lipinski definition) is 4. The minimum atomic E-state index is -3.22. The molecule has 0 saturated carbocycles. The maximum atomic E-state index is 11.4.